The molecular weight excluding hydrogens is 290 g/mol. The van der Waals surface area contributed by atoms with E-state index < -0.39 is 5.91 Å². The third-order valence-electron chi connectivity index (χ3n) is 3.89. The van der Waals surface area contributed by atoms with Crippen molar-refractivity contribution in [3.05, 3.63) is 66.2 Å². The normalized spacial score (nSPS) is 11.0. The molecule has 23 heavy (non-hydrogen) atoms. The molecule has 0 aliphatic carbocycles. The Morgan fingerprint density at radius 1 is 1.04 bits per heavy atom. The van der Waals surface area contributed by atoms with Gasteiger partial charge in [-0.15, -0.1) is 0 Å². The van der Waals surface area contributed by atoms with Gasteiger partial charge in [0.15, 0.2) is 0 Å². The van der Waals surface area contributed by atoms with Crippen molar-refractivity contribution in [3.8, 4) is 11.4 Å². The van der Waals surface area contributed by atoms with Crippen LogP contribution in [0.3, 0.4) is 0 Å². The Morgan fingerprint density at radius 3 is 2.74 bits per heavy atom. The van der Waals surface area contributed by atoms with Crippen molar-refractivity contribution in [2.24, 2.45) is 0 Å². The number of carbonyl (C=O) groups excluding carboxylic acids is 1. The van der Waals surface area contributed by atoms with Gasteiger partial charge in [-0.25, -0.2) is 10.5 Å². The smallest absolute Gasteiger partial charge is 0.274 e. The molecule has 0 atom stereocenters. The minimum atomic E-state index is -0.548. The van der Waals surface area contributed by atoms with Crippen LogP contribution in [-0.2, 0) is 0 Å². The molecule has 5 heteroatoms. The quantitative estimate of drug-likeness (QED) is 0.392. The molecule has 0 radical (unpaired) electrons. The first kappa shape index (κ1) is 13.5. The molecule has 1 heterocycles. The molecule has 0 saturated carbocycles. The van der Waals surface area contributed by atoms with Crippen LogP contribution < -0.4 is 5.48 Å². The van der Waals surface area contributed by atoms with Crippen molar-refractivity contribution in [1.82, 2.24) is 15.4 Å². The molecule has 0 unspecified atom stereocenters. The first-order valence-corrected chi connectivity index (χ1v) is 7.18. The highest BCUT2D eigenvalue weighted by atomic mass is 16.5. The number of nitrogens with one attached hydrogen (secondary N) is 2. The summed E-state index contributed by atoms with van der Waals surface area (Å²) in [5, 5.41) is 11.0. The van der Waals surface area contributed by atoms with Gasteiger partial charge in [-0.05, 0) is 29.0 Å². The third kappa shape index (κ3) is 2.23. The van der Waals surface area contributed by atoms with Gasteiger partial charge in [0.2, 0.25) is 0 Å². The van der Waals surface area contributed by atoms with Crippen molar-refractivity contribution in [1.29, 1.82) is 0 Å². The Morgan fingerprint density at radius 2 is 1.87 bits per heavy atom. The van der Waals surface area contributed by atoms with E-state index in [1.807, 2.05) is 24.3 Å². The molecule has 1 amide bonds. The molecular formula is C18H13N3O2. The molecule has 0 fully saturated rings. The maximum atomic E-state index is 11.5. The lowest BCUT2D eigenvalue weighted by molar-refractivity contribution is 0.0706. The number of hydrogen-bond acceptors (Lipinski definition) is 3. The predicted molar refractivity (Wildman–Crippen MR) is 88.3 cm³/mol. The largest absolute Gasteiger partial charge is 0.338 e. The number of amides is 1. The highest BCUT2D eigenvalue weighted by Gasteiger charge is 2.11. The number of aromatic nitrogens is 2. The lowest BCUT2D eigenvalue weighted by Gasteiger charge is -2.03. The van der Waals surface area contributed by atoms with Crippen LogP contribution in [-0.4, -0.2) is 21.1 Å². The Labute approximate surface area is 131 Å². The van der Waals surface area contributed by atoms with Crippen LogP contribution in [0.15, 0.2) is 60.7 Å². The van der Waals surface area contributed by atoms with Gasteiger partial charge in [0.1, 0.15) is 5.82 Å². The molecule has 112 valence electrons. The van der Waals surface area contributed by atoms with E-state index in [4.69, 9.17) is 5.21 Å². The molecule has 0 spiro atoms. The van der Waals surface area contributed by atoms with Crippen molar-refractivity contribution >= 4 is 27.7 Å². The van der Waals surface area contributed by atoms with E-state index in [1.165, 1.54) is 0 Å². The van der Waals surface area contributed by atoms with Crippen molar-refractivity contribution in [2.75, 3.05) is 0 Å². The van der Waals surface area contributed by atoms with Crippen LogP contribution in [0.1, 0.15) is 10.4 Å². The Bertz CT molecular complexity index is 1030. The molecule has 3 aromatic carbocycles. The zero-order valence-electron chi connectivity index (χ0n) is 12.1. The molecule has 0 saturated heterocycles. The number of aromatic amines is 1. The van der Waals surface area contributed by atoms with Crippen molar-refractivity contribution in [3.63, 3.8) is 0 Å². The van der Waals surface area contributed by atoms with Crippen molar-refractivity contribution < 1.29 is 10.0 Å². The number of fused-ring (bicyclic) bond motifs is 2. The predicted octanol–water partition coefficient (Wildman–Crippen LogP) is 3.50. The summed E-state index contributed by atoms with van der Waals surface area (Å²) in [6.07, 6.45) is 0. The summed E-state index contributed by atoms with van der Waals surface area (Å²) in [6.45, 7) is 0. The zero-order valence-corrected chi connectivity index (χ0v) is 12.1. The van der Waals surface area contributed by atoms with Gasteiger partial charge in [-0.3, -0.25) is 10.0 Å². The number of nitrogens with zero attached hydrogens (tertiary/aromatic N) is 1. The highest BCUT2D eigenvalue weighted by molar-refractivity contribution is 5.99. The summed E-state index contributed by atoms with van der Waals surface area (Å²) in [7, 11) is 0. The zero-order chi connectivity index (χ0) is 15.8. The minimum absolute atomic E-state index is 0.369. The second kappa shape index (κ2) is 5.23. The number of H-pyrrole nitrogens is 1. The van der Waals surface area contributed by atoms with Crippen LogP contribution in [0.4, 0.5) is 0 Å². The number of imidazole rings is 1. The number of hydroxylamine groups is 1. The number of benzene rings is 3. The first-order chi connectivity index (χ1) is 11.3. The molecule has 0 aliphatic heterocycles. The summed E-state index contributed by atoms with van der Waals surface area (Å²) >= 11 is 0. The van der Waals surface area contributed by atoms with Crippen LogP contribution >= 0.6 is 0 Å². The lowest BCUT2D eigenvalue weighted by Crippen LogP contribution is -2.18. The van der Waals surface area contributed by atoms with Gasteiger partial charge < -0.3 is 4.98 Å². The number of carbonyl (C=O) groups is 1. The minimum Gasteiger partial charge on any atom is -0.338 e. The average Bonchev–Trinajstić information content (AvgIpc) is 3.03. The molecule has 0 aliphatic rings. The van der Waals surface area contributed by atoms with Gasteiger partial charge in [-0.1, -0.05) is 42.5 Å². The van der Waals surface area contributed by atoms with Crippen molar-refractivity contribution in [2.45, 2.75) is 0 Å². The standard InChI is InChI=1S/C18H13N3O2/c22-18(21-23)12-8-9-15-16(10-12)20-17(19-15)14-7-3-5-11-4-1-2-6-13(11)14/h1-10,23H,(H,19,20)(H,21,22). The molecule has 0 bridgehead atoms. The van der Waals surface area contributed by atoms with Gasteiger partial charge in [0.25, 0.3) is 5.91 Å². The van der Waals surface area contributed by atoms with Crippen LogP contribution in [0.25, 0.3) is 33.2 Å². The first-order valence-electron chi connectivity index (χ1n) is 7.18. The fraction of sp³-hybridized carbons (Fsp3) is 0. The van der Waals surface area contributed by atoms with E-state index in [2.05, 4.69) is 28.2 Å². The van der Waals surface area contributed by atoms with Gasteiger partial charge in [0, 0.05) is 11.1 Å². The monoisotopic (exact) mass is 303 g/mol. The fourth-order valence-corrected chi connectivity index (χ4v) is 2.77. The summed E-state index contributed by atoms with van der Waals surface area (Å²) in [4.78, 5) is 19.4. The van der Waals surface area contributed by atoms with Gasteiger partial charge in [0.05, 0.1) is 11.0 Å². The van der Waals surface area contributed by atoms with E-state index in [-0.39, 0.29) is 0 Å². The molecule has 3 N–H and O–H groups in total. The fourth-order valence-electron chi connectivity index (χ4n) is 2.77. The van der Waals surface area contributed by atoms with E-state index in [0.717, 1.165) is 33.2 Å². The average molecular weight is 303 g/mol. The third-order valence-corrected chi connectivity index (χ3v) is 3.89. The molecule has 4 rings (SSSR count). The molecule has 4 aromatic rings. The summed E-state index contributed by atoms with van der Waals surface area (Å²) < 4.78 is 0. The lowest BCUT2D eigenvalue weighted by atomic mass is 10.0. The Balaban J connectivity index is 1.90. The van der Waals surface area contributed by atoms with Crippen LogP contribution in [0, 0.1) is 0 Å². The van der Waals surface area contributed by atoms with E-state index in [0.29, 0.717) is 5.56 Å². The molecule has 5 nitrogen and oxygen atoms in total. The second-order valence-electron chi connectivity index (χ2n) is 5.28. The van der Waals surface area contributed by atoms with Gasteiger partial charge >= 0.3 is 0 Å². The SMILES string of the molecule is O=C(NO)c1ccc2nc(-c3cccc4ccccc34)[nH]c2c1. The second-order valence-corrected chi connectivity index (χ2v) is 5.28. The highest BCUT2D eigenvalue weighted by Crippen LogP contribution is 2.28. The Hall–Kier alpha value is -3.18. The van der Waals surface area contributed by atoms with E-state index in [9.17, 15) is 4.79 Å². The topological polar surface area (TPSA) is 78.0 Å². The number of hydrogen-bond donors (Lipinski definition) is 3. The summed E-state index contributed by atoms with van der Waals surface area (Å²) in [6, 6.07) is 19.2. The maximum Gasteiger partial charge on any atom is 0.274 e. The molecule has 1 aromatic heterocycles. The maximum absolute atomic E-state index is 11.5. The Kier molecular flexibility index (Phi) is 3.06. The van der Waals surface area contributed by atoms with E-state index in [1.54, 1.807) is 23.7 Å². The van der Waals surface area contributed by atoms with Crippen LogP contribution in [0.5, 0.6) is 0 Å². The summed E-state index contributed by atoms with van der Waals surface area (Å²) in [5.41, 5.74) is 4.52. The number of rotatable bonds is 2. The summed E-state index contributed by atoms with van der Waals surface area (Å²) in [5.74, 6) is 0.201. The van der Waals surface area contributed by atoms with E-state index >= 15 is 0 Å². The van der Waals surface area contributed by atoms with Gasteiger partial charge in [-0.2, -0.15) is 0 Å². The van der Waals surface area contributed by atoms with Crippen LogP contribution in [0.2, 0.25) is 0 Å².